The molecule has 4 heteroatoms. The molecular weight excluding hydrogens is 284 g/mol. The number of halogens is 1. The summed E-state index contributed by atoms with van der Waals surface area (Å²) in [5, 5.41) is 0.557. The van der Waals surface area contributed by atoms with Crippen molar-refractivity contribution in [1.29, 1.82) is 0 Å². The van der Waals surface area contributed by atoms with Gasteiger partial charge in [0.1, 0.15) is 0 Å². The van der Waals surface area contributed by atoms with Crippen molar-refractivity contribution in [3.8, 4) is 11.1 Å². The first-order chi connectivity index (χ1) is 9.91. The Morgan fingerprint density at radius 2 is 2.00 bits per heavy atom. The molecule has 0 N–H and O–H groups in total. The first-order valence-electron chi connectivity index (χ1n) is 6.57. The third-order valence-electron chi connectivity index (χ3n) is 3.34. The summed E-state index contributed by atoms with van der Waals surface area (Å²) in [6, 6.07) is 9.15. The van der Waals surface area contributed by atoms with Gasteiger partial charge in [-0.05, 0) is 26.0 Å². The zero-order valence-corrected chi connectivity index (χ0v) is 13.1. The standard InChI is InChI=1S/C17H17ClN2O/c1-11(2)19-10-13-9-15(17(21)20(4)12(13)3)14-7-5-6-8-16(14)18/h5-10H,1H2,2-4H3. The van der Waals surface area contributed by atoms with E-state index in [0.717, 1.165) is 16.8 Å². The lowest BCUT2D eigenvalue weighted by atomic mass is 10.0. The van der Waals surface area contributed by atoms with E-state index in [1.54, 1.807) is 23.9 Å². The fraction of sp³-hybridized carbons (Fsp3) is 0.176. The van der Waals surface area contributed by atoms with Crippen molar-refractivity contribution < 1.29 is 0 Å². The molecule has 0 aliphatic heterocycles. The van der Waals surface area contributed by atoms with Crippen molar-refractivity contribution in [3.63, 3.8) is 0 Å². The molecule has 1 aromatic carbocycles. The minimum Gasteiger partial charge on any atom is -0.315 e. The Labute approximate surface area is 129 Å². The van der Waals surface area contributed by atoms with Gasteiger partial charge in [0.15, 0.2) is 0 Å². The summed E-state index contributed by atoms with van der Waals surface area (Å²) in [7, 11) is 1.75. The van der Waals surface area contributed by atoms with Gasteiger partial charge in [-0.25, -0.2) is 0 Å². The minimum atomic E-state index is -0.0759. The van der Waals surface area contributed by atoms with Crippen LogP contribution in [0.15, 0.2) is 52.4 Å². The molecule has 0 unspecified atom stereocenters. The Morgan fingerprint density at radius 1 is 1.33 bits per heavy atom. The molecule has 1 heterocycles. The first-order valence-corrected chi connectivity index (χ1v) is 6.94. The molecule has 3 nitrogen and oxygen atoms in total. The number of allylic oxidation sites excluding steroid dienone is 1. The van der Waals surface area contributed by atoms with Crippen LogP contribution in [0, 0.1) is 6.92 Å². The van der Waals surface area contributed by atoms with Crippen LogP contribution < -0.4 is 5.56 Å². The van der Waals surface area contributed by atoms with Gasteiger partial charge in [-0.2, -0.15) is 0 Å². The molecule has 2 rings (SSSR count). The summed E-state index contributed by atoms with van der Waals surface area (Å²) in [6.07, 6.45) is 1.72. The van der Waals surface area contributed by atoms with E-state index >= 15 is 0 Å². The van der Waals surface area contributed by atoms with Gasteiger partial charge in [-0.1, -0.05) is 36.4 Å². The summed E-state index contributed by atoms with van der Waals surface area (Å²) in [5.41, 5.74) is 3.65. The van der Waals surface area contributed by atoms with Crippen LogP contribution in [0.5, 0.6) is 0 Å². The monoisotopic (exact) mass is 300 g/mol. The molecule has 0 atom stereocenters. The van der Waals surface area contributed by atoms with E-state index in [1.807, 2.05) is 38.1 Å². The number of aliphatic imine (C=N–C) groups is 1. The second-order valence-electron chi connectivity index (χ2n) is 4.94. The molecule has 108 valence electrons. The molecule has 0 bridgehead atoms. The predicted molar refractivity (Wildman–Crippen MR) is 89.3 cm³/mol. The van der Waals surface area contributed by atoms with Crippen LogP contribution in [0.4, 0.5) is 0 Å². The van der Waals surface area contributed by atoms with Crippen molar-refractivity contribution in [3.05, 3.63) is 69.2 Å². The maximum atomic E-state index is 12.5. The van der Waals surface area contributed by atoms with E-state index in [9.17, 15) is 4.79 Å². The summed E-state index contributed by atoms with van der Waals surface area (Å²) in [6.45, 7) is 7.46. The Hall–Kier alpha value is -2.13. The number of hydrogen-bond acceptors (Lipinski definition) is 2. The van der Waals surface area contributed by atoms with E-state index < -0.39 is 0 Å². The van der Waals surface area contributed by atoms with Crippen LogP contribution in [-0.4, -0.2) is 10.8 Å². The van der Waals surface area contributed by atoms with Gasteiger partial charge >= 0.3 is 0 Å². The quantitative estimate of drug-likeness (QED) is 0.790. The van der Waals surface area contributed by atoms with E-state index in [4.69, 9.17) is 11.6 Å². The van der Waals surface area contributed by atoms with E-state index in [2.05, 4.69) is 11.6 Å². The van der Waals surface area contributed by atoms with Crippen molar-refractivity contribution in [2.45, 2.75) is 13.8 Å². The van der Waals surface area contributed by atoms with Gasteiger partial charge in [0.05, 0.1) is 0 Å². The minimum absolute atomic E-state index is 0.0759. The number of aromatic nitrogens is 1. The van der Waals surface area contributed by atoms with Crippen LogP contribution in [0.1, 0.15) is 18.2 Å². The fourth-order valence-electron chi connectivity index (χ4n) is 2.03. The lowest BCUT2D eigenvalue weighted by Crippen LogP contribution is -2.22. The molecular formula is C17H17ClN2O. The van der Waals surface area contributed by atoms with Crippen LogP contribution >= 0.6 is 11.6 Å². The molecule has 0 amide bonds. The normalized spacial score (nSPS) is 11.0. The molecule has 0 radical (unpaired) electrons. The summed E-state index contributed by atoms with van der Waals surface area (Å²) in [5.74, 6) is 0. The van der Waals surface area contributed by atoms with Gasteiger partial charge in [0.2, 0.25) is 0 Å². The van der Waals surface area contributed by atoms with Crippen LogP contribution in [0.3, 0.4) is 0 Å². The number of hydrogen-bond donors (Lipinski definition) is 0. The molecule has 0 aliphatic carbocycles. The highest BCUT2D eigenvalue weighted by Gasteiger charge is 2.12. The fourth-order valence-corrected chi connectivity index (χ4v) is 2.27. The predicted octanol–water partition coefficient (Wildman–Crippen LogP) is 3.97. The zero-order valence-electron chi connectivity index (χ0n) is 12.4. The maximum Gasteiger partial charge on any atom is 0.258 e. The van der Waals surface area contributed by atoms with Crippen molar-refractivity contribution in [2.75, 3.05) is 0 Å². The smallest absolute Gasteiger partial charge is 0.258 e. The van der Waals surface area contributed by atoms with Crippen molar-refractivity contribution >= 4 is 17.8 Å². The van der Waals surface area contributed by atoms with Gasteiger partial charge in [0.25, 0.3) is 5.56 Å². The molecule has 0 saturated heterocycles. The highest BCUT2D eigenvalue weighted by Crippen LogP contribution is 2.26. The lowest BCUT2D eigenvalue weighted by Gasteiger charge is -2.11. The third-order valence-corrected chi connectivity index (χ3v) is 3.67. The third kappa shape index (κ3) is 3.14. The van der Waals surface area contributed by atoms with Crippen LogP contribution in [0.2, 0.25) is 5.02 Å². The Balaban J connectivity index is 2.71. The highest BCUT2D eigenvalue weighted by molar-refractivity contribution is 6.33. The van der Waals surface area contributed by atoms with Gasteiger partial charge < -0.3 is 4.57 Å². The second-order valence-corrected chi connectivity index (χ2v) is 5.34. The molecule has 1 aromatic heterocycles. The van der Waals surface area contributed by atoms with Gasteiger partial charge in [-0.15, -0.1) is 0 Å². The Kier molecular flexibility index (Phi) is 4.43. The van der Waals surface area contributed by atoms with E-state index in [-0.39, 0.29) is 5.56 Å². The molecule has 0 saturated carbocycles. The largest absolute Gasteiger partial charge is 0.315 e. The number of benzene rings is 1. The average molecular weight is 301 g/mol. The van der Waals surface area contributed by atoms with Gasteiger partial charge in [0, 0.05) is 46.4 Å². The first kappa shape index (κ1) is 15.3. The summed E-state index contributed by atoms with van der Waals surface area (Å²) in [4.78, 5) is 16.7. The lowest BCUT2D eigenvalue weighted by molar-refractivity contribution is 0.819. The number of nitrogens with zero attached hydrogens (tertiary/aromatic N) is 2. The highest BCUT2D eigenvalue weighted by atomic mass is 35.5. The molecule has 0 fully saturated rings. The molecule has 0 spiro atoms. The molecule has 2 aromatic rings. The Bertz CT molecular complexity index is 788. The topological polar surface area (TPSA) is 34.4 Å². The second kappa shape index (κ2) is 6.10. The molecule has 0 aliphatic rings. The summed E-state index contributed by atoms with van der Waals surface area (Å²) < 4.78 is 1.61. The van der Waals surface area contributed by atoms with E-state index in [1.165, 1.54) is 0 Å². The number of pyridine rings is 1. The van der Waals surface area contributed by atoms with E-state index in [0.29, 0.717) is 16.3 Å². The molecule has 21 heavy (non-hydrogen) atoms. The van der Waals surface area contributed by atoms with Crippen molar-refractivity contribution in [1.82, 2.24) is 4.57 Å². The Morgan fingerprint density at radius 3 is 2.62 bits per heavy atom. The zero-order chi connectivity index (χ0) is 15.6. The van der Waals surface area contributed by atoms with Crippen LogP contribution in [-0.2, 0) is 7.05 Å². The summed E-state index contributed by atoms with van der Waals surface area (Å²) >= 11 is 6.21. The van der Waals surface area contributed by atoms with Crippen LogP contribution in [0.25, 0.3) is 11.1 Å². The number of rotatable bonds is 3. The average Bonchev–Trinajstić information content (AvgIpc) is 2.45. The van der Waals surface area contributed by atoms with Crippen molar-refractivity contribution in [2.24, 2.45) is 12.0 Å². The maximum absolute atomic E-state index is 12.5. The van der Waals surface area contributed by atoms with Gasteiger partial charge in [-0.3, -0.25) is 9.79 Å². The SMILES string of the molecule is C=C(C)N=Cc1cc(-c2ccccc2Cl)c(=O)n(C)c1C.